The number of hydrogen-bond acceptors (Lipinski definition) is 6. The fourth-order valence-electron chi connectivity index (χ4n) is 5.01. The van der Waals surface area contributed by atoms with Gasteiger partial charge < -0.3 is 14.7 Å². The summed E-state index contributed by atoms with van der Waals surface area (Å²) < 4.78 is 20.8. The van der Waals surface area contributed by atoms with E-state index in [1.54, 1.807) is 23.7 Å². The second-order valence-electron chi connectivity index (χ2n) is 9.24. The molecule has 2 aliphatic heterocycles. The monoisotopic (exact) mass is 504 g/mol. The first-order valence-electron chi connectivity index (χ1n) is 12.4. The number of ether oxygens (including phenoxy) is 1. The molecule has 3 heterocycles. The fraction of sp³-hybridized carbons (Fsp3) is 0.321. The van der Waals surface area contributed by atoms with E-state index in [2.05, 4.69) is 10.00 Å². The minimum Gasteiger partial charge on any atom is -0.507 e. The normalized spacial score (nSPS) is 20.1. The molecule has 5 rings (SSSR count). The van der Waals surface area contributed by atoms with Crippen LogP contribution in [0.5, 0.6) is 0 Å². The topological polar surface area (TPSA) is 87.9 Å². The second kappa shape index (κ2) is 10.7. The molecule has 0 radical (unpaired) electrons. The Bertz CT molecular complexity index is 1310. The summed E-state index contributed by atoms with van der Waals surface area (Å²) in [7, 11) is 0. The summed E-state index contributed by atoms with van der Waals surface area (Å²) in [5.41, 5.74) is 2.33. The van der Waals surface area contributed by atoms with Crippen LogP contribution in [0.1, 0.15) is 29.3 Å². The van der Waals surface area contributed by atoms with Crippen molar-refractivity contribution in [3.05, 3.63) is 89.0 Å². The van der Waals surface area contributed by atoms with Gasteiger partial charge in [0.15, 0.2) is 0 Å². The Morgan fingerprint density at radius 2 is 1.76 bits per heavy atom. The largest absolute Gasteiger partial charge is 0.507 e. The summed E-state index contributed by atoms with van der Waals surface area (Å²) in [4.78, 5) is 30.2. The molecule has 37 heavy (non-hydrogen) atoms. The Morgan fingerprint density at radius 1 is 1.05 bits per heavy atom. The van der Waals surface area contributed by atoms with E-state index in [-0.39, 0.29) is 11.3 Å². The molecule has 9 heteroatoms. The average molecular weight is 505 g/mol. The minimum atomic E-state index is -0.829. The Kier molecular flexibility index (Phi) is 7.16. The quantitative estimate of drug-likeness (QED) is 0.301. The van der Waals surface area contributed by atoms with Crippen LogP contribution in [-0.2, 0) is 14.3 Å². The average Bonchev–Trinajstić information content (AvgIpc) is 3.42. The molecule has 0 saturated carbocycles. The molecule has 1 amide bonds. The number of carbonyl (C=O) groups excluding carboxylic acids is 2. The van der Waals surface area contributed by atoms with Crippen LogP contribution >= 0.6 is 0 Å². The number of aromatic nitrogens is 2. The predicted octanol–water partition coefficient (Wildman–Crippen LogP) is 3.46. The van der Waals surface area contributed by atoms with Gasteiger partial charge in [0.05, 0.1) is 48.0 Å². The smallest absolute Gasteiger partial charge is 0.295 e. The molecule has 0 aliphatic carbocycles. The number of likely N-dealkylation sites (tertiary alicyclic amines) is 1. The van der Waals surface area contributed by atoms with Crippen molar-refractivity contribution in [3.63, 3.8) is 0 Å². The summed E-state index contributed by atoms with van der Waals surface area (Å²) in [6.45, 7) is 5.87. The van der Waals surface area contributed by atoms with Gasteiger partial charge in [0.25, 0.3) is 11.7 Å². The molecule has 8 nitrogen and oxygen atoms in total. The third-order valence-electron chi connectivity index (χ3n) is 6.97. The Hall–Kier alpha value is -3.82. The number of benzene rings is 2. The van der Waals surface area contributed by atoms with Crippen LogP contribution in [0.2, 0.25) is 0 Å². The van der Waals surface area contributed by atoms with Crippen molar-refractivity contribution < 1.29 is 23.8 Å². The van der Waals surface area contributed by atoms with E-state index in [9.17, 15) is 19.1 Å². The third kappa shape index (κ3) is 4.92. The number of carbonyl (C=O) groups is 2. The number of aliphatic hydroxyl groups excluding tert-OH is 1. The number of aliphatic hydroxyl groups is 1. The molecule has 1 atom stereocenters. The molecule has 1 aromatic heterocycles. The van der Waals surface area contributed by atoms with Crippen LogP contribution in [0, 0.1) is 12.7 Å². The van der Waals surface area contributed by atoms with E-state index < -0.39 is 23.5 Å². The number of amides is 1. The van der Waals surface area contributed by atoms with E-state index in [1.165, 1.54) is 23.2 Å². The van der Waals surface area contributed by atoms with E-state index in [0.29, 0.717) is 43.0 Å². The van der Waals surface area contributed by atoms with E-state index in [4.69, 9.17) is 4.74 Å². The number of morpholine rings is 1. The van der Waals surface area contributed by atoms with Crippen molar-refractivity contribution in [1.82, 2.24) is 19.6 Å². The molecule has 192 valence electrons. The van der Waals surface area contributed by atoms with Gasteiger partial charge in [0.1, 0.15) is 11.6 Å². The van der Waals surface area contributed by atoms with Gasteiger partial charge in [-0.15, -0.1) is 0 Å². The molecule has 2 saturated heterocycles. The number of halogens is 1. The summed E-state index contributed by atoms with van der Waals surface area (Å²) in [5, 5.41) is 15.8. The van der Waals surface area contributed by atoms with Crippen LogP contribution in [0.3, 0.4) is 0 Å². The molecule has 0 unspecified atom stereocenters. The van der Waals surface area contributed by atoms with Gasteiger partial charge in [0.2, 0.25) is 0 Å². The number of para-hydroxylation sites is 1. The Balaban J connectivity index is 1.50. The lowest BCUT2D eigenvalue weighted by molar-refractivity contribution is -0.140. The van der Waals surface area contributed by atoms with Crippen LogP contribution in [0.4, 0.5) is 4.39 Å². The molecule has 2 fully saturated rings. The molecule has 2 aliphatic rings. The van der Waals surface area contributed by atoms with Crippen molar-refractivity contribution >= 4 is 17.4 Å². The van der Waals surface area contributed by atoms with Crippen molar-refractivity contribution in [2.75, 3.05) is 39.4 Å². The molecule has 0 bridgehead atoms. The highest BCUT2D eigenvalue weighted by Crippen LogP contribution is 2.40. The zero-order valence-electron chi connectivity index (χ0n) is 20.6. The summed E-state index contributed by atoms with van der Waals surface area (Å²) in [6, 6.07) is 14.3. The van der Waals surface area contributed by atoms with Crippen molar-refractivity contribution in [2.45, 2.75) is 19.4 Å². The minimum absolute atomic E-state index is 0.0151. The third-order valence-corrected chi connectivity index (χ3v) is 6.97. The van der Waals surface area contributed by atoms with Gasteiger partial charge in [-0.2, -0.15) is 5.10 Å². The maximum absolute atomic E-state index is 13.7. The lowest BCUT2D eigenvalue weighted by Crippen LogP contribution is -2.38. The van der Waals surface area contributed by atoms with E-state index in [0.717, 1.165) is 25.3 Å². The zero-order valence-corrected chi connectivity index (χ0v) is 20.6. The first-order chi connectivity index (χ1) is 18.0. The fourth-order valence-corrected chi connectivity index (χ4v) is 5.01. The summed E-state index contributed by atoms with van der Waals surface area (Å²) in [6.07, 6.45) is 2.14. The Labute approximate surface area is 214 Å². The second-order valence-corrected chi connectivity index (χ2v) is 9.24. The lowest BCUT2D eigenvalue weighted by Gasteiger charge is -2.29. The van der Waals surface area contributed by atoms with Gasteiger partial charge in [0, 0.05) is 26.2 Å². The maximum Gasteiger partial charge on any atom is 0.295 e. The number of ketones is 1. The number of Topliss-reactive ketones (excluding diaryl/α,β-unsaturated/α-hetero) is 1. The van der Waals surface area contributed by atoms with E-state index >= 15 is 0 Å². The van der Waals surface area contributed by atoms with Crippen molar-refractivity contribution in [3.8, 4) is 5.69 Å². The molecule has 0 spiro atoms. The first kappa shape index (κ1) is 24.9. The van der Waals surface area contributed by atoms with Crippen LogP contribution < -0.4 is 0 Å². The van der Waals surface area contributed by atoms with Gasteiger partial charge >= 0.3 is 0 Å². The molecule has 1 N–H and O–H groups in total. The molecule has 3 aromatic rings. The lowest BCUT2D eigenvalue weighted by atomic mass is 9.95. The van der Waals surface area contributed by atoms with Gasteiger partial charge in [-0.05, 0) is 43.2 Å². The molecular formula is C28H29FN4O4. The highest BCUT2D eigenvalue weighted by atomic mass is 19.1. The van der Waals surface area contributed by atoms with Gasteiger partial charge in [-0.25, -0.2) is 9.07 Å². The van der Waals surface area contributed by atoms with Crippen LogP contribution in [-0.4, -0.2) is 75.8 Å². The highest BCUT2D eigenvalue weighted by Gasteiger charge is 2.46. The first-order valence-corrected chi connectivity index (χ1v) is 12.4. The summed E-state index contributed by atoms with van der Waals surface area (Å²) in [5.74, 6) is -2.15. The number of rotatable bonds is 7. The zero-order chi connectivity index (χ0) is 25.9. The summed E-state index contributed by atoms with van der Waals surface area (Å²) >= 11 is 0. The number of hydrogen-bond donors (Lipinski definition) is 1. The van der Waals surface area contributed by atoms with Crippen molar-refractivity contribution in [2.24, 2.45) is 0 Å². The van der Waals surface area contributed by atoms with E-state index in [1.807, 2.05) is 30.3 Å². The molecular weight excluding hydrogens is 475 g/mol. The highest BCUT2D eigenvalue weighted by molar-refractivity contribution is 6.46. The molecule has 2 aromatic carbocycles. The standard InChI is InChI=1S/C28H29FN4O4/c1-19-23(18-30-33(19)22-6-3-2-4-7-22)26(34)24-25(20-8-10-21(29)11-9-20)32(28(36)27(24)35)13-5-12-31-14-16-37-17-15-31/h2-4,6-11,18,25,34H,5,12-17H2,1H3/b26-24+/t25-/m1/s1. The predicted molar refractivity (Wildman–Crippen MR) is 136 cm³/mol. The number of nitrogens with zero attached hydrogens (tertiary/aromatic N) is 4. The van der Waals surface area contributed by atoms with Gasteiger partial charge in [-0.1, -0.05) is 30.3 Å². The Morgan fingerprint density at radius 3 is 2.46 bits per heavy atom. The van der Waals surface area contributed by atoms with Crippen molar-refractivity contribution in [1.29, 1.82) is 0 Å². The van der Waals surface area contributed by atoms with Crippen LogP contribution in [0.25, 0.3) is 11.4 Å². The maximum atomic E-state index is 13.7. The van der Waals surface area contributed by atoms with Crippen LogP contribution in [0.15, 0.2) is 66.4 Å². The SMILES string of the molecule is Cc1c(/C(O)=C2\C(=O)C(=O)N(CCCN3CCOCC3)[C@@H]2c2ccc(F)cc2)cnn1-c1ccccc1. The van der Waals surface area contributed by atoms with Gasteiger partial charge in [-0.3, -0.25) is 14.5 Å².